The van der Waals surface area contributed by atoms with E-state index in [4.69, 9.17) is 10.5 Å². The zero-order valence-corrected chi connectivity index (χ0v) is 18.3. The molecule has 4 rings (SSSR count). The van der Waals surface area contributed by atoms with Gasteiger partial charge in [0.15, 0.2) is 5.16 Å². The van der Waals surface area contributed by atoms with Crippen LogP contribution in [-0.2, 0) is 22.6 Å². The second-order valence-corrected chi connectivity index (χ2v) is 9.60. The van der Waals surface area contributed by atoms with Crippen LogP contribution in [0.2, 0.25) is 0 Å². The highest BCUT2D eigenvalue weighted by atomic mass is 32.2. The van der Waals surface area contributed by atoms with E-state index in [1.807, 2.05) is 31.2 Å². The number of fused-ring (bicyclic) bond motifs is 3. The van der Waals surface area contributed by atoms with E-state index in [0.29, 0.717) is 23.5 Å². The monoisotopic (exact) mass is 428 g/mol. The van der Waals surface area contributed by atoms with Crippen LogP contribution in [0.3, 0.4) is 0 Å². The number of amides is 1. The van der Waals surface area contributed by atoms with Crippen LogP contribution < -0.4 is 11.1 Å². The molecule has 152 valence electrons. The summed E-state index contributed by atoms with van der Waals surface area (Å²) in [5.41, 5.74) is 9.45. The van der Waals surface area contributed by atoms with Gasteiger partial charge in [-0.1, -0.05) is 43.3 Å². The Hall–Kier alpha value is -2.16. The maximum absolute atomic E-state index is 12.2. The number of ether oxygens (including phenoxy) is 1. The lowest BCUT2D eigenvalue weighted by Crippen LogP contribution is -2.26. The molecule has 1 atom stereocenters. The van der Waals surface area contributed by atoms with Gasteiger partial charge in [0.1, 0.15) is 10.6 Å². The summed E-state index contributed by atoms with van der Waals surface area (Å²) in [6.07, 6.45) is 1.03. The first-order valence-corrected chi connectivity index (χ1v) is 11.4. The Bertz CT molecular complexity index is 1050. The molecule has 1 aromatic carbocycles. The van der Waals surface area contributed by atoms with E-state index in [0.717, 1.165) is 27.9 Å². The number of hydrogen-bond donors (Lipinski definition) is 2. The van der Waals surface area contributed by atoms with Crippen molar-refractivity contribution in [3.05, 3.63) is 40.3 Å². The third kappa shape index (κ3) is 4.39. The Kier molecular flexibility index (Phi) is 5.76. The lowest BCUT2D eigenvalue weighted by molar-refractivity contribution is -0.113. The first kappa shape index (κ1) is 20.1. The van der Waals surface area contributed by atoms with Crippen molar-refractivity contribution >= 4 is 50.7 Å². The number of carbonyl (C=O) groups is 1. The largest absolute Gasteiger partial charge is 0.383 e. The summed E-state index contributed by atoms with van der Waals surface area (Å²) in [7, 11) is 0. The van der Waals surface area contributed by atoms with E-state index in [1.165, 1.54) is 22.2 Å². The van der Waals surface area contributed by atoms with Crippen molar-refractivity contribution in [2.24, 2.45) is 5.92 Å². The number of anilines is 2. The van der Waals surface area contributed by atoms with Gasteiger partial charge in [-0.25, -0.2) is 9.97 Å². The van der Waals surface area contributed by atoms with Gasteiger partial charge in [0.05, 0.1) is 23.8 Å². The van der Waals surface area contributed by atoms with Gasteiger partial charge in [-0.15, -0.1) is 11.3 Å². The molecule has 1 aliphatic rings. The molecule has 3 N–H and O–H groups in total. The molecule has 3 heterocycles. The van der Waals surface area contributed by atoms with Gasteiger partial charge < -0.3 is 15.8 Å². The number of thioether (sulfide) groups is 1. The van der Waals surface area contributed by atoms with Crippen LogP contribution in [0.15, 0.2) is 29.4 Å². The van der Waals surface area contributed by atoms with E-state index < -0.39 is 0 Å². The zero-order valence-electron chi connectivity index (χ0n) is 16.7. The molecule has 0 spiro atoms. The van der Waals surface area contributed by atoms with Crippen LogP contribution in [0.5, 0.6) is 0 Å². The predicted molar refractivity (Wildman–Crippen MR) is 119 cm³/mol. The van der Waals surface area contributed by atoms with Gasteiger partial charge in [-0.05, 0) is 30.5 Å². The fourth-order valence-corrected chi connectivity index (χ4v) is 5.18. The van der Waals surface area contributed by atoms with Gasteiger partial charge in [0.25, 0.3) is 0 Å². The van der Waals surface area contributed by atoms with Crippen LogP contribution in [0.1, 0.15) is 29.9 Å². The van der Waals surface area contributed by atoms with Crippen molar-refractivity contribution in [2.45, 2.75) is 45.1 Å². The number of nitrogens with one attached hydrogen (secondary N) is 1. The molecule has 1 unspecified atom stereocenters. The number of aromatic nitrogens is 2. The number of thiophene rings is 1. The summed E-state index contributed by atoms with van der Waals surface area (Å²) in [6.45, 7) is 6.94. The lowest BCUT2D eigenvalue weighted by atomic mass is 9.96. The second kappa shape index (κ2) is 8.30. The maximum atomic E-state index is 12.2. The molecule has 1 amide bonds. The highest BCUT2D eigenvalue weighted by molar-refractivity contribution is 7.99. The molecule has 0 radical (unpaired) electrons. The minimum Gasteiger partial charge on any atom is -0.383 e. The van der Waals surface area contributed by atoms with E-state index in [1.54, 1.807) is 11.3 Å². The number of aryl methyl sites for hydroxylation is 1. The lowest BCUT2D eigenvalue weighted by Gasteiger charge is -2.26. The third-order valence-electron chi connectivity index (χ3n) is 4.99. The first-order valence-electron chi connectivity index (χ1n) is 9.59. The van der Waals surface area contributed by atoms with Crippen LogP contribution in [-0.4, -0.2) is 27.7 Å². The Morgan fingerprint density at radius 3 is 2.83 bits per heavy atom. The zero-order chi connectivity index (χ0) is 20.5. The molecule has 1 aliphatic heterocycles. The molecule has 0 bridgehead atoms. The maximum Gasteiger partial charge on any atom is 0.234 e. The molecule has 2 aromatic heterocycles. The highest BCUT2D eigenvalue weighted by Gasteiger charge is 2.27. The van der Waals surface area contributed by atoms with Crippen LogP contribution in [0, 0.1) is 12.8 Å². The average molecular weight is 429 g/mol. The number of rotatable bonds is 5. The highest BCUT2D eigenvalue weighted by Crippen LogP contribution is 2.39. The summed E-state index contributed by atoms with van der Waals surface area (Å²) in [5, 5.41) is 4.36. The average Bonchev–Trinajstić information content (AvgIpc) is 3.06. The summed E-state index contributed by atoms with van der Waals surface area (Å²) in [5.74, 6) is 1.06. The van der Waals surface area contributed by atoms with Crippen molar-refractivity contribution < 1.29 is 9.53 Å². The topological polar surface area (TPSA) is 90.1 Å². The second-order valence-electron chi connectivity index (χ2n) is 7.58. The van der Waals surface area contributed by atoms with Crippen molar-refractivity contribution in [3.63, 3.8) is 0 Å². The Balaban J connectivity index is 1.48. The fraction of sp³-hybridized carbons (Fsp3) is 0.381. The third-order valence-corrected chi connectivity index (χ3v) is 6.93. The smallest absolute Gasteiger partial charge is 0.234 e. The fourth-order valence-electron chi connectivity index (χ4n) is 3.34. The Morgan fingerprint density at radius 2 is 2.10 bits per heavy atom. The van der Waals surface area contributed by atoms with E-state index in [-0.39, 0.29) is 17.8 Å². The Labute approximate surface area is 178 Å². The quantitative estimate of drug-likeness (QED) is 0.462. The molecule has 0 fully saturated rings. The summed E-state index contributed by atoms with van der Waals surface area (Å²) < 4.78 is 5.97. The first-order chi connectivity index (χ1) is 13.9. The number of nitrogens with zero attached hydrogens (tertiary/aromatic N) is 2. The van der Waals surface area contributed by atoms with E-state index >= 15 is 0 Å². The van der Waals surface area contributed by atoms with Crippen molar-refractivity contribution in [1.82, 2.24) is 9.97 Å². The summed E-state index contributed by atoms with van der Waals surface area (Å²) >= 11 is 2.90. The van der Waals surface area contributed by atoms with Gasteiger partial charge in [-0.2, -0.15) is 0 Å². The SMILES string of the molecule is Cc1ccc(NC(=O)CSc2nc(N)c3c4c(sc3n2)COC(C(C)C)C4)cc1. The minimum atomic E-state index is -0.0974. The van der Waals surface area contributed by atoms with Crippen LogP contribution in [0.25, 0.3) is 10.2 Å². The van der Waals surface area contributed by atoms with Gasteiger partial charge in [-0.3, -0.25) is 4.79 Å². The standard InChI is InChI=1S/C21H24N4O2S2/c1-11(2)15-8-14-16(9-27-15)29-20-18(14)19(22)24-21(25-20)28-10-17(26)23-13-6-4-12(3)5-7-13/h4-7,11,15H,8-10H2,1-3H3,(H,23,26)(H2,22,24,25). The van der Waals surface area contributed by atoms with Gasteiger partial charge >= 0.3 is 0 Å². The molecular weight excluding hydrogens is 404 g/mol. The normalized spacial score (nSPS) is 16.2. The molecule has 6 nitrogen and oxygen atoms in total. The summed E-state index contributed by atoms with van der Waals surface area (Å²) in [4.78, 5) is 23.4. The van der Waals surface area contributed by atoms with Crippen molar-refractivity contribution in [2.75, 3.05) is 16.8 Å². The molecule has 0 aliphatic carbocycles. The van der Waals surface area contributed by atoms with Gasteiger partial charge in [0.2, 0.25) is 5.91 Å². The number of hydrogen-bond acceptors (Lipinski definition) is 7. The van der Waals surface area contributed by atoms with Crippen molar-refractivity contribution in [3.8, 4) is 0 Å². The molecule has 0 saturated carbocycles. The predicted octanol–water partition coefficient (Wildman–Crippen LogP) is 4.41. The molecule has 29 heavy (non-hydrogen) atoms. The van der Waals surface area contributed by atoms with Gasteiger partial charge in [0, 0.05) is 17.0 Å². The number of nitrogens with two attached hydrogens (primary N) is 1. The molecule has 8 heteroatoms. The van der Waals surface area contributed by atoms with E-state index in [9.17, 15) is 4.79 Å². The number of carbonyl (C=O) groups excluding carboxylic acids is 1. The van der Waals surface area contributed by atoms with E-state index in [2.05, 4.69) is 29.1 Å². The summed E-state index contributed by atoms with van der Waals surface area (Å²) in [6, 6.07) is 7.71. The molecule has 3 aromatic rings. The van der Waals surface area contributed by atoms with Crippen molar-refractivity contribution in [1.29, 1.82) is 0 Å². The molecule has 0 saturated heterocycles. The van der Waals surface area contributed by atoms with Crippen LogP contribution >= 0.6 is 23.1 Å². The minimum absolute atomic E-state index is 0.0974. The van der Waals surface area contributed by atoms with Crippen LogP contribution in [0.4, 0.5) is 11.5 Å². The Morgan fingerprint density at radius 1 is 1.34 bits per heavy atom. The molecular formula is C21H24N4O2S2. The number of benzene rings is 1. The number of nitrogen functional groups attached to an aromatic ring is 1.